The van der Waals surface area contributed by atoms with Crippen molar-refractivity contribution in [2.45, 2.75) is 19.9 Å². The van der Waals surface area contributed by atoms with Crippen LogP contribution in [0.3, 0.4) is 0 Å². The maximum atomic E-state index is 11.3. The highest BCUT2D eigenvalue weighted by molar-refractivity contribution is 5.80. The number of amides is 1. The molecule has 0 saturated heterocycles. The summed E-state index contributed by atoms with van der Waals surface area (Å²) in [5.74, 6) is -0.627. The fourth-order valence-corrected chi connectivity index (χ4v) is 0.815. The van der Waals surface area contributed by atoms with Crippen LogP contribution in [-0.4, -0.2) is 26.5 Å². The molecule has 1 amide bonds. The highest BCUT2D eigenvalue weighted by atomic mass is 16.1. The zero-order valence-electron chi connectivity index (χ0n) is 7.85. The standard InChI is InChI=1S/C7H10N6O/c1-4(3-8)7(14)9-5(2)6-10-12-13-11-6/h4-5H,1-2H3,(H,9,14)(H,10,11,12,13). The number of hydrogen-bond acceptors (Lipinski definition) is 5. The van der Waals surface area contributed by atoms with Crippen LogP contribution in [0.5, 0.6) is 0 Å². The Morgan fingerprint density at radius 1 is 1.64 bits per heavy atom. The van der Waals surface area contributed by atoms with Crippen LogP contribution >= 0.6 is 0 Å². The number of H-pyrrole nitrogens is 1. The third-order valence-corrected chi connectivity index (χ3v) is 1.69. The average molecular weight is 194 g/mol. The quantitative estimate of drug-likeness (QED) is 0.676. The van der Waals surface area contributed by atoms with Crippen molar-refractivity contribution in [3.63, 3.8) is 0 Å². The molecular formula is C7H10N6O. The van der Waals surface area contributed by atoms with Gasteiger partial charge in [0.15, 0.2) is 5.82 Å². The SMILES string of the molecule is CC(C#N)C(=O)NC(C)c1nn[nH]n1. The van der Waals surface area contributed by atoms with Gasteiger partial charge in [-0.2, -0.15) is 10.5 Å². The van der Waals surface area contributed by atoms with Crippen LogP contribution in [0.2, 0.25) is 0 Å². The Bertz CT molecular complexity index is 340. The minimum atomic E-state index is -0.677. The van der Waals surface area contributed by atoms with Crippen LogP contribution in [0.4, 0.5) is 0 Å². The second kappa shape index (κ2) is 4.32. The van der Waals surface area contributed by atoms with Crippen LogP contribution in [-0.2, 0) is 4.79 Å². The molecule has 0 aliphatic carbocycles. The molecule has 0 fully saturated rings. The van der Waals surface area contributed by atoms with Crippen LogP contribution in [0.1, 0.15) is 25.7 Å². The molecule has 0 spiro atoms. The molecule has 2 N–H and O–H groups in total. The van der Waals surface area contributed by atoms with Gasteiger partial charge in [0, 0.05) is 0 Å². The summed E-state index contributed by atoms with van der Waals surface area (Å²) in [6.07, 6.45) is 0. The van der Waals surface area contributed by atoms with Gasteiger partial charge in [-0.05, 0) is 13.8 Å². The number of tetrazole rings is 1. The van der Waals surface area contributed by atoms with E-state index in [-0.39, 0.29) is 11.9 Å². The van der Waals surface area contributed by atoms with Gasteiger partial charge in [-0.3, -0.25) is 4.79 Å². The van der Waals surface area contributed by atoms with E-state index in [0.29, 0.717) is 5.82 Å². The minimum Gasteiger partial charge on any atom is -0.345 e. The molecule has 1 aromatic rings. The van der Waals surface area contributed by atoms with Gasteiger partial charge in [-0.25, -0.2) is 0 Å². The largest absolute Gasteiger partial charge is 0.345 e. The lowest BCUT2D eigenvalue weighted by Crippen LogP contribution is -2.31. The Balaban J connectivity index is 2.54. The van der Waals surface area contributed by atoms with Crippen molar-refractivity contribution in [3.8, 4) is 6.07 Å². The van der Waals surface area contributed by atoms with E-state index in [1.807, 2.05) is 6.07 Å². The summed E-state index contributed by atoms with van der Waals surface area (Å²) in [5, 5.41) is 24.1. The Kier molecular flexibility index (Phi) is 3.12. The summed E-state index contributed by atoms with van der Waals surface area (Å²) in [6, 6.07) is 1.49. The van der Waals surface area contributed by atoms with Crippen LogP contribution < -0.4 is 5.32 Å². The van der Waals surface area contributed by atoms with E-state index in [1.54, 1.807) is 6.92 Å². The summed E-state index contributed by atoms with van der Waals surface area (Å²) in [5.41, 5.74) is 0. The lowest BCUT2D eigenvalue weighted by molar-refractivity contribution is -0.123. The summed E-state index contributed by atoms with van der Waals surface area (Å²) in [6.45, 7) is 3.24. The summed E-state index contributed by atoms with van der Waals surface area (Å²) >= 11 is 0. The molecule has 2 unspecified atom stereocenters. The molecule has 74 valence electrons. The Morgan fingerprint density at radius 3 is 2.86 bits per heavy atom. The first-order valence-electron chi connectivity index (χ1n) is 4.08. The third-order valence-electron chi connectivity index (χ3n) is 1.69. The number of nitrogens with one attached hydrogen (secondary N) is 2. The first kappa shape index (κ1) is 10.1. The van der Waals surface area contributed by atoms with E-state index >= 15 is 0 Å². The van der Waals surface area contributed by atoms with Gasteiger partial charge in [0.05, 0.1) is 12.1 Å². The van der Waals surface area contributed by atoms with E-state index in [1.165, 1.54) is 6.92 Å². The van der Waals surface area contributed by atoms with E-state index < -0.39 is 5.92 Å². The molecule has 14 heavy (non-hydrogen) atoms. The molecule has 0 saturated carbocycles. The van der Waals surface area contributed by atoms with Crippen molar-refractivity contribution < 1.29 is 4.79 Å². The minimum absolute atomic E-state index is 0.343. The second-order valence-corrected chi connectivity index (χ2v) is 2.85. The number of carbonyl (C=O) groups excluding carboxylic acids is 1. The van der Waals surface area contributed by atoms with Crippen molar-refractivity contribution in [2.24, 2.45) is 5.92 Å². The fourth-order valence-electron chi connectivity index (χ4n) is 0.815. The van der Waals surface area contributed by atoms with Gasteiger partial charge >= 0.3 is 0 Å². The highest BCUT2D eigenvalue weighted by Crippen LogP contribution is 2.04. The number of rotatable bonds is 3. The van der Waals surface area contributed by atoms with E-state index in [9.17, 15) is 4.79 Å². The smallest absolute Gasteiger partial charge is 0.237 e. The summed E-state index contributed by atoms with van der Waals surface area (Å²) in [4.78, 5) is 11.3. The molecule has 1 heterocycles. The average Bonchev–Trinajstić information content (AvgIpc) is 2.69. The number of carbonyl (C=O) groups is 1. The molecule has 1 aromatic heterocycles. The van der Waals surface area contributed by atoms with Crippen molar-refractivity contribution in [3.05, 3.63) is 5.82 Å². The zero-order chi connectivity index (χ0) is 10.6. The van der Waals surface area contributed by atoms with Gasteiger partial charge in [-0.1, -0.05) is 5.21 Å². The second-order valence-electron chi connectivity index (χ2n) is 2.85. The van der Waals surface area contributed by atoms with E-state index in [0.717, 1.165) is 0 Å². The van der Waals surface area contributed by atoms with Gasteiger partial charge < -0.3 is 5.32 Å². The number of nitrogens with zero attached hydrogens (tertiary/aromatic N) is 4. The van der Waals surface area contributed by atoms with Crippen molar-refractivity contribution >= 4 is 5.91 Å². The predicted molar refractivity (Wildman–Crippen MR) is 45.5 cm³/mol. The fraction of sp³-hybridized carbons (Fsp3) is 0.571. The molecule has 0 aliphatic heterocycles. The summed E-state index contributed by atoms with van der Waals surface area (Å²) in [7, 11) is 0. The van der Waals surface area contributed by atoms with Gasteiger partial charge in [0.25, 0.3) is 0 Å². The molecule has 2 atom stereocenters. The van der Waals surface area contributed by atoms with Gasteiger partial charge in [0.1, 0.15) is 5.92 Å². The number of aromatic nitrogens is 4. The van der Waals surface area contributed by atoms with Crippen LogP contribution in [0, 0.1) is 17.2 Å². The first-order valence-corrected chi connectivity index (χ1v) is 4.08. The number of aromatic amines is 1. The molecule has 1 rings (SSSR count). The maximum absolute atomic E-state index is 11.3. The lowest BCUT2D eigenvalue weighted by atomic mass is 10.2. The molecule has 0 bridgehead atoms. The van der Waals surface area contributed by atoms with Crippen molar-refractivity contribution in [1.82, 2.24) is 25.9 Å². The zero-order valence-corrected chi connectivity index (χ0v) is 7.85. The third kappa shape index (κ3) is 2.26. The molecule has 0 radical (unpaired) electrons. The topological polar surface area (TPSA) is 107 Å². The maximum Gasteiger partial charge on any atom is 0.237 e. The summed E-state index contributed by atoms with van der Waals surface area (Å²) < 4.78 is 0. The van der Waals surface area contributed by atoms with Gasteiger partial charge in [0.2, 0.25) is 5.91 Å². The monoisotopic (exact) mass is 194 g/mol. The Morgan fingerprint density at radius 2 is 2.36 bits per heavy atom. The molecule has 0 aliphatic rings. The lowest BCUT2D eigenvalue weighted by Gasteiger charge is -2.10. The first-order chi connectivity index (χ1) is 6.65. The van der Waals surface area contributed by atoms with Crippen molar-refractivity contribution in [2.75, 3.05) is 0 Å². The number of hydrogen-bond donors (Lipinski definition) is 2. The molecule has 7 heteroatoms. The molecule has 0 aromatic carbocycles. The Labute approximate surface area is 80.5 Å². The highest BCUT2D eigenvalue weighted by Gasteiger charge is 2.17. The van der Waals surface area contributed by atoms with Crippen molar-refractivity contribution in [1.29, 1.82) is 5.26 Å². The predicted octanol–water partition coefficient (Wildman–Crippen LogP) is -0.463. The molecular weight excluding hydrogens is 184 g/mol. The van der Waals surface area contributed by atoms with Crippen LogP contribution in [0.15, 0.2) is 0 Å². The number of nitriles is 1. The Hall–Kier alpha value is -1.97. The van der Waals surface area contributed by atoms with E-state index in [2.05, 4.69) is 25.9 Å². The van der Waals surface area contributed by atoms with E-state index in [4.69, 9.17) is 5.26 Å². The van der Waals surface area contributed by atoms with Gasteiger partial charge in [-0.15, -0.1) is 10.2 Å². The normalized spacial score (nSPS) is 14.1. The molecule has 7 nitrogen and oxygen atoms in total. The van der Waals surface area contributed by atoms with Crippen LogP contribution in [0.25, 0.3) is 0 Å².